The van der Waals surface area contributed by atoms with Crippen molar-refractivity contribution in [1.82, 2.24) is 10.2 Å². The minimum Gasteiger partial charge on any atom is -0.378 e. The molecule has 0 bridgehead atoms. The van der Waals surface area contributed by atoms with E-state index in [1.165, 1.54) is 21.7 Å². The first-order valence-corrected chi connectivity index (χ1v) is 10.9. The smallest absolute Gasteiger partial charge is 0.193 e. The van der Waals surface area contributed by atoms with E-state index in [1.54, 1.807) is 11.8 Å². The molecule has 1 saturated heterocycles. The lowest BCUT2D eigenvalue weighted by Gasteiger charge is -2.31. The molecule has 5 nitrogen and oxygen atoms in total. The zero-order chi connectivity index (χ0) is 19.8. The zero-order valence-electron chi connectivity index (χ0n) is 17.0. The van der Waals surface area contributed by atoms with Gasteiger partial charge >= 0.3 is 0 Å². The fraction of sp³-hybridized carbons (Fsp3) is 0.409. The summed E-state index contributed by atoms with van der Waals surface area (Å²) in [5.41, 5.74) is 3.84. The van der Waals surface area contributed by atoms with E-state index < -0.39 is 0 Å². The van der Waals surface area contributed by atoms with Gasteiger partial charge in [-0.05, 0) is 35.6 Å². The number of benzene rings is 2. The third-order valence-corrected chi connectivity index (χ3v) is 5.68. The molecule has 2 aromatic rings. The van der Waals surface area contributed by atoms with Crippen molar-refractivity contribution in [3.8, 4) is 0 Å². The molecule has 0 aromatic heterocycles. The molecular formula is C22H30N4OS. The molecule has 1 aliphatic rings. The second-order valence-electron chi connectivity index (χ2n) is 6.83. The second-order valence-corrected chi connectivity index (χ2v) is 7.71. The predicted molar refractivity (Wildman–Crippen MR) is 119 cm³/mol. The lowest BCUT2D eigenvalue weighted by atomic mass is 10.1. The minimum absolute atomic E-state index is 0.746. The van der Waals surface area contributed by atoms with Gasteiger partial charge in [-0.25, -0.2) is 0 Å². The highest BCUT2D eigenvalue weighted by atomic mass is 32.2. The van der Waals surface area contributed by atoms with Crippen molar-refractivity contribution in [1.29, 1.82) is 0 Å². The molecule has 0 unspecified atom stereocenters. The summed E-state index contributed by atoms with van der Waals surface area (Å²) in [5.74, 6) is 0.894. The van der Waals surface area contributed by atoms with Gasteiger partial charge < -0.3 is 19.9 Å². The number of hydrogen-bond acceptors (Lipinski definition) is 4. The number of ether oxygens (including phenoxy) is 1. The van der Waals surface area contributed by atoms with Gasteiger partial charge in [0.25, 0.3) is 0 Å². The molecular weight excluding hydrogens is 368 g/mol. The monoisotopic (exact) mass is 398 g/mol. The van der Waals surface area contributed by atoms with Gasteiger partial charge in [0.05, 0.1) is 13.2 Å². The van der Waals surface area contributed by atoms with E-state index in [9.17, 15) is 0 Å². The SMILES string of the molecule is CN=C(NCc1ccccc1N1CCOCC1)N(C)Cc1ccc(SC)cc1. The summed E-state index contributed by atoms with van der Waals surface area (Å²) >= 11 is 1.76. The Morgan fingerprint density at radius 1 is 1.14 bits per heavy atom. The Bertz CT molecular complexity index is 772. The molecule has 2 aromatic carbocycles. The van der Waals surface area contributed by atoms with Crippen LogP contribution in [0.4, 0.5) is 5.69 Å². The molecule has 0 spiro atoms. The van der Waals surface area contributed by atoms with Gasteiger partial charge in [0.2, 0.25) is 0 Å². The second kappa shape index (κ2) is 10.4. The van der Waals surface area contributed by atoms with E-state index >= 15 is 0 Å². The summed E-state index contributed by atoms with van der Waals surface area (Å²) in [6.07, 6.45) is 2.10. The van der Waals surface area contributed by atoms with Crippen LogP contribution >= 0.6 is 11.8 Å². The summed E-state index contributed by atoms with van der Waals surface area (Å²) in [5, 5.41) is 3.52. The third kappa shape index (κ3) is 5.42. The number of morpholine rings is 1. The lowest BCUT2D eigenvalue weighted by molar-refractivity contribution is 0.122. The van der Waals surface area contributed by atoms with Gasteiger partial charge in [0.15, 0.2) is 5.96 Å². The Hall–Kier alpha value is -2.18. The number of nitrogens with one attached hydrogen (secondary N) is 1. The van der Waals surface area contributed by atoms with E-state index in [0.29, 0.717) is 0 Å². The molecule has 0 radical (unpaired) electrons. The van der Waals surface area contributed by atoms with Crippen molar-refractivity contribution in [3.05, 3.63) is 59.7 Å². The first-order valence-electron chi connectivity index (χ1n) is 9.66. The standard InChI is InChI=1S/C22H30N4OS/c1-23-22(25(2)17-18-8-10-20(28-3)11-9-18)24-16-19-6-4-5-7-21(19)26-12-14-27-15-13-26/h4-11H,12-17H2,1-3H3,(H,23,24). The van der Waals surface area contributed by atoms with Crippen LogP contribution < -0.4 is 10.2 Å². The maximum Gasteiger partial charge on any atom is 0.193 e. The molecule has 150 valence electrons. The molecule has 1 aliphatic heterocycles. The number of aliphatic imine (C=N–C) groups is 1. The molecule has 0 amide bonds. The number of rotatable bonds is 6. The van der Waals surface area contributed by atoms with Gasteiger partial charge in [-0.15, -0.1) is 11.8 Å². The quantitative estimate of drug-likeness (QED) is 0.458. The summed E-state index contributed by atoms with van der Waals surface area (Å²) in [6.45, 7) is 5.04. The molecule has 0 aliphatic carbocycles. The average Bonchev–Trinajstić information content (AvgIpc) is 2.75. The topological polar surface area (TPSA) is 40.1 Å². The van der Waals surface area contributed by atoms with Crippen LogP contribution in [0.2, 0.25) is 0 Å². The fourth-order valence-electron chi connectivity index (χ4n) is 3.41. The maximum atomic E-state index is 5.49. The first kappa shape index (κ1) is 20.6. The third-order valence-electron chi connectivity index (χ3n) is 4.93. The number of guanidine groups is 1. The highest BCUT2D eigenvalue weighted by Gasteiger charge is 2.15. The zero-order valence-corrected chi connectivity index (χ0v) is 17.8. The molecule has 1 fully saturated rings. The number of nitrogens with zero attached hydrogens (tertiary/aromatic N) is 3. The number of para-hydroxylation sites is 1. The largest absolute Gasteiger partial charge is 0.378 e. The Balaban J connectivity index is 1.62. The van der Waals surface area contributed by atoms with E-state index in [-0.39, 0.29) is 0 Å². The van der Waals surface area contributed by atoms with Gasteiger partial charge in [-0.2, -0.15) is 0 Å². The number of thioether (sulfide) groups is 1. The van der Waals surface area contributed by atoms with Crippen LogP contribution in [-0.2, 0) is 17.8 Å². The van der Waals surface area contributed by atoms with Crippen LogP contribution in [-0.4, -0.2) is 57.5 Å². The molecule has 3 rings (SSSR count). The molecule has 0 atom stereocenters. The van der Waals surface area contributed by atoms with E-state index in [1.807, 2.05) is 7.05 Å². The molecule has 28 heavy (non-hydrogen) atoms. The van der Waals surface area contributed by atoms with Crippen molar-refractivity contribution >= 4 is 23.4 Å². The Labute approximate surface area is 172 Å². The van der Waals surface area contributed by atoms with Crippen molar-refractivity contribution in [2.75, 3.05) is 51.6 Å². The Morgan fingerprint density at radius 2 is 1.86 bits per heavy atom. The van der Waals surface area contributed by atoms with Crippen molar-refractivity contribution in [3.63, 3.8) is 0 Å². The van der Waals surface area contributed by atoms with Crippen molar-refractivity contribution in [2.24, 2.45) is 4.99 Å². The number of anilines is 1. The van der Waals surface area contributed by atoms with Gasteiger partial charge in [-0.3, -0.25) is 4.99 Å². The van der Waals surface area contributed by atoms with Crippen LogP contribution in [0.5, 0.6) is 0 Å². The molecule has 1 heterocycles. The Kier molecular flexibility index (Phi) is 7.62. The molecule has 0 saturated carbocycles. The highest BCUT2D eigenvalue weighted by Crippen LogP contribution is 2.21. The van der Waals surface area contributed by atoms with Crippen molar-refractivity contribution in [2.45, 2.75) is 18.0 Å². The highest BCUT2D eigenvalue weighted by molar-refractivity contribution is 7.98. The summed E-state index contributed by atoms with van der Waals surface area (Å²) in [6, 6.07) is 17.3. The van der Waals surface area contributed by atoms with Crippen LogP contribution in [0.25, 0.3) is 0 Å². The minimum atomic E-state index is 0.746. The van der Waals surface area contributed by atoms with Crippen molar-refractivity contribution < 1.29 is 4.74 Å². The average molecular weight is 399 g/mol. The predicted octanol–water partition coefficient (Wildman–Crippen LogP) is 3.45. The van der Waals surface area contributed by atoms with Gasteiger partial charge in [-0.1, -0.05) is 30.3 Å². The normalized spacial score (nSPS) is 14.8. The fourth-order valence-corrected chi connectivity index (χ4v) is 3.82. The van der Waals surface area contributed by atoms with E-state index in [2.05, 4.69) is 81.9 Å². The first-order chi connectivity index (χ1) is 13.7. The van der Waals surface area contributed by atoms with Gasteiger partial charge in [0, 0.05) is 50.9 Å². The maximum absolute atomic E-state index is 5.49. The van der Waals surface area contributed by atoms with Crippen LogP contribution in [0.3, 0.4) is 0 Å². The summed E-state index contributed by atoms with van der Waals surface area (Å²) in [7, 11) is 3.91. The van der Waals surface area contributed by atoms with E-state index in [0.717, 1.165) is 45.4 Å². The number of hydrogen-bond donors (Lipinski definition) is 1. The molecule has 1 N–H and O–H groups in total. The summed E-state index contributed by atoms with van der Waals surface area (Å²) < 4.78 is 5.49. The lowest BCUT2D eigenvalue weighted by Crippen LogP contribution is -2.39. The van der Waals surface area contributed by atoms with E-state index in [4.69, 9.17) is 4.74 Å². The Morgan fingerprint density at radius 3 is 2.54 bits per heavy atom. The van der Waals surface area contributed by atoms with Gasteiger partial charge in [0.1, 0.15) is 0 Å². The van der Waals surface area contributed by atoms with Crippen LogP contribution in [0.1, 0.15) is 11.1 Å². The van der Waals surface area contributed by atoms with Crippen LogP contribution in [0.15, 0.2) is 58.4 Å². The molecule has 6 heteroatoms. The summed E-state index contributed by atoms with van der Waals surface area (Å²) in [4.78, 5) is 10.3. The van der Waals surface area contributed by atoms with Crippen LogP contribution in [0, 0.1) is 0 Å².